The van der Waals surface area contributed by atoms with Crippen LogP contribution in [0.3, 0.4) is 0 Å². The summed E-state index contributed by atoms with van der Waals surface area (Å²) in [7, 11) is 0. The van der Waals surface area contributed by atoms with Crippen LogP contribution in [0.5, 0.6) is 0 Å². The highest BCUT2D eigenvalue weighted by Crippen LogP contribution is 2.32. The normalized spacial score (nSPS) is 14.4. The molecule has 0 bridgehead atoms. The van der Waals surface area contributed by atoms with Gasteiger partial charge >= 0.3 is 18.2 Å². The predicted molar refractivity (Wildman–Crippen MR) is 85.8 cm³/mol. The van der Waals surface area contributed by atoms with Crippen molar-refractivity contribution in [3.8, 4) is 0 Å². The Bertz CT molecular complexity index is 910. The van der Waals surface area contributed by atoms with E-state index >= 15 is 0 Å². The number of alkyl halides is 3. The quantitative estimate of drug-likeness (QED) is 0.798. The fraction of sp³-hybridized carbons (Fsp3) is 0.353. The number of benzene rings is 1. The number of carboxylic acid groups (broad SMARTS) is 1. The molecule has 0 atom stereocenters. The number of rotatable bonds is 3. The highest BCUT2D eigenvalue weighted by atomic mass is 19.4. The number of aryl methyl sites for hydroxylation is 1. The minimum absolute atomic E-state index is 0.00454. The van der Waals surface area contributed by atoms with E-state index in [1.165, 1.54) is 15.6 Å². The number of nitrogens with zero attached hydrogens (tertiary/aromatic N) is 3. The van der Waals surface area contributed by atoms with Crippen molar-refractivity contribution in [2.75, 3.05) is 6.54 Å². The van der Waals surface area contributed by atoms with Crippen LogP contribution in [0.1, 0.15) is 33.7 Å². The number of carbonyl (C=O) groups excluding carboxylic acids is 1. The van der Waals surface area contributed by atoms with E-state index in [1.54, 1.807) is 0 Å². The first kappa shape index (κ1) is 19.6. The van der Waals surface area contributed by atoms with E-state index in [0.717, 1.165) is 6.07 Å². The molecule has 1 amide bonds. The van der Waals surface area contributed by atoms with Crippen LogP contribution in [0.25, 0.3) is 0 Å². The summed E-state index contributed by atoms with van der Waals surface area (Å²) in [4.78, 5) is 24.6. The minimum Gasteiger partial charge on any atom is -0.476 e. The zero-order chi connectivity index (χ0) is 20.5. The molecule has 11 heteroatoms. The number of hydrogen-bond donors (Lipinski definition) is 1. The molecule has 0 saturated carbocycles. The van der Waals surface area contributed by atoms with Crippen LogP contribution in [0.4, 0.5) is 22.4 Å². The molecule has 1 N–H and O–H groups in total. The molecule has 0 saturated heterocycles. The van der Waals surface area contributed by atoms with Crippen LogP contribution >= 0.6 is 0 Å². The molecule has 2 aromatic rings. The molecule has 7 nitrogen and oxygen atoms in total. The van der Waals surface area contributed by atoms with Gasteiger partial charge < -0.3 is 14.7 Å². The summed E-state index contributed by atoms with van der Waals surface area (Å²) < 4.78 is 58.1. The van der Waals surface area contributed by atoms with E-state index in [-0.39, 0.29) is 17.8 Å². The van der Waals surface area contributed by atoms with Crippen LogP contribution in [-0.2, 0) is 30.6 Å². The number of aromatic nitrogens is 2. The number of aromatic carboxylic acids is 1. The largest absolute Gasteiger partial charge is 0.476 e. The Morgan fingerprint density at radius 2 is 1.96 bits per heavy atom. The average molecular weight is 401 g/mol. The Hall–Kier alpha value is -3.11. The highest BCUT2D eigenvalue weighted by Gasteiger charge is 2.34. The molecule has 0 fully saturated rings. The van der Waals surface area contributed by atoms with Gasteiger partial charge in [0.05, 0.1) is 17.8 Å². The van der Waals surface area contributed by atoms with E-state index in [9.17, 15) is 27.2 Å². The first-order chi connectivity index (χ1) is 13.1. The maximum Gasteiger partial charge on any atom is 0.419 e. The van der Waals surface area contributed by atoms with E-state index < -0.39 is 36.2 Å². The minimum atomic E-state index is -4.85. The number of hydrogen-bond acceptors (Lipinski definition) is 4. The van der Waals surface area contributed by atoms with Crippen LogP contribution < -0.4 is 0 Å². The Labute approximate surface area is 156 Å². The Morgan fingerprint density at radius 3 is 2.64 bits per heavy atom. The van der Waals surface area contributed by atoms with Crippen LogP contribution in [-0.4, -0.2) is 38.4 Å². The van der Waals surface area contributed by atoms with Gasteiger partial charge in [-0.05, 0) is 30.2 Å². The molecular weight excluding hydrogens is 386 g/mol. The molecule has 1 aliphatic heterocycles. The molecule has 150 valence electrons. The van der Waals surface area contributed by atoms with E-state index in [0.29, 0.717) is 37.3 Å². The smallest absolute Gasteiger partial charge is 0.419 e. The fourth-order valence-corrected chi connectivity index (χ4v) is 2.84. The SMILES string of the molecule is O=C(O)c1cc2n(n1)CCCN(C(=O)OCc1ccc(F)c(C(F)(F)F)c1)C2. The number of carbonyl (C=O) groups is 2. The first-order valence-electron chi connectivity index (χ1n) is 8.22. The summed E-state index contributed by atoms with van der Waals surface area (Å²) in [6, 6.07) is 3.72. The molecule has 0 spiro atoms. The lowest BCUT2D eigenvalue weighted by Crippen LogP contribution is -2.31. The molecule has 0 aliphatic carbocycles. The van der Waals surface area contributed by atoms with Gasteiger partial charge in [-0.3, -0.25) is 4.68 Å². The first-order valence-corrected chi connectivity index (χ1v) is 8.22. The van der Waals surface area contributed by atoms with Gasteiger partial charge in [0.1, 0.15) is 12.4 Å². The molecule has 3 rings (SSSR count). The molecule has 1 aromatic heterocycles. The standard InChI is InChI=1S/C17H15F4N3O4/c18-13-3-2-10(6-12(13)17(19,20)21)9-28-16(27)23-4-1-5-24-11(8-23)7-14(22-24)15(25)26/h2-3,6-7H,1,4-5,8-9H2,(H,25,26). The highest BCUT2D eigenvalue weighted by molar-refractivity contribution is 5.85. The Balaban J connectivity index is 1.67. The van der Waals surface area contributed by atoms with Gasteiger partial charge in [0.15, 0.2) is 5.69 Å². The van der Waals surface area contributed by atoms with Crippen LogP contribution in [0, 0.1) is 5.82 Å². The van der Waals surface area contributed by atoms with Gasteiger partial charge in [0.25, 0.3) is 0 Å². The average Bonchev–Trinajstić information content (AvgIpc) is 2.92. The molecular formula is C17H15F4N3O4. The zero-order valence-electron chi connectivity index (χ0n) is 14.4. The predicted octanol–water partition coefficient (Wildman–Crippen LogP) is 3.28. The van der Waals surface area contributed by atoms with Crippen LogP contribution in [0.15, 0.2) is 24.3 Å². The third-order valence-electron chi connectivity index (χ3n) is 4.19. The number of amides is 1. The summed E-state index contributed by atoms with van der Waals surface area (Å²) in [6.45, 7) is 0.315. The fourth-order valence-electron chi connectivity index (χ4n) is 2.84. The number of carboxylic acids is 1. The van der Waals surface area contributed by atoms with Gasteiger partial charge in [0.2, 0.25) is 0 Å². The third-order valence-corrected chi connectivity index (χ3v) is 4.19. The number of ether oxygens (including phenoxy) is 1. The van der Waals surface area contributed by atoms with Crippen molar-refractivity contribution in [1.29, 1.82) is 0 Å². The molecule has 0 unspecified atom stereocenters. The number of fused-ring (bicyclic) bond motifs is 1. The van der Waals surface area contributed by atoms with E-state index in [4.69, 9.17) is 9.84 Å². The van der Waals surface area contributed by atoms with Gasteiger partial charge in [-0.1, -0.05) is 6.07 Å². The van der Waals surface area contributed by atoms with Crippen molar-refractivity contribution in [3.63, 3.8) is 0 Å². The molecule has 1 aliphatic rings. The molecule has 1 aromatic carbocycles. The topological polar surface area (TPSA) is 84.7 Å². The molecule has 0 radical (unpaired) electrons. The van der Waals surface area contributed by atoms with E-state index in [2.05, 4.69) is 5.10 Å². The maximum absolute atomic E-state index is 13.3. The lowest BCUT2D eigenvalue weighted by atomic mass is 10.1. The van der Waals surface area contributed by atoms with Crippen molar-refractivity contribution in [1.82, 2.24) is 14.7 Å². The van der Waals surface area contributed by atoms with Gasteiger partial charge in [-0.2, -0.15) is 18.3 Å². The summed E-state index contributed by atoms with van der Waals surface area (Å²) >= 11 is 0. The summed E-state index contributed by atoms with van der Waals surface area (Å²) in [5, 5.41) is 12.9. The van der Waals surface area contributed by atoms with Crippen molar-refractivity contribution in [2.24, 2.45) is 0 Å². The Kier molecular flexibility index (Phi) is 5.25. The van der Waals surface area contributed by atoms with Gasteiger partial charge in [-0.15, -0.1) is 0 Å². The maximum atomic E-state index is 13.3. The van der Waals surface area contributed by atoms with Crippen molar-refractivity contribution < 1.29 is 37.0 Å². The van der Waals surface area contributed by atoms with Crippen molar-refractivity contribution in [3.05, 3.63) is 52.6 Å². The van der Waals surface area contributed by atoms with Gasteiger partial charge in [0, 0.05) is 13.1 Å². The van der Waals surface area contributed by atoms with Gasteiger partial charge in [-0.25, -0.2) is 14.0 Å². The second-order valence-electron chi connectivity index (χ2n) is 6.19. The summed E-state index contributed by atoms with van der Waals surface area (Å²) in [5.41, 5.74) is -1.07. The lowest BCUT2D eigenvalue weighted by Gasteiger charge is -2.19. The van der Waals surface area contributed by atoms with E-state index in [1.807, 2.05) is 0 Å². The zero-order valence-corrected chi connectivity index (χ0v) is 14.4. The monoisotopic (exact) mass is 401 g/mol. The lowest BCUT2D eigenvalue weighted by molar-refractivity contribution is -0.140. The summed E-state index contributed by atoms with van der Waals surface area (Å²) in [5.74, 6) is -2.59. The van der Waals surface area contributed by atoms with Crippen LogP contribution in [0.2, 0.25) is 0 Å². The second kappa shape index (κ2) is 7.49. The third kappa shape index (κ3) is 4.24. The second-order valence-corrected chi connectivity index (χ2v) is 6.19. The molecule has 2 heterocycles. The molecule has 28 heavy (non-hydrogen) atoms. The summed E-state index contributed by atoms with van der Waals surface area (Å²) in [6.07, 6.45) is -5.13. The number of halogens is 4. The van der Waals surface area contributed by atoms with Crippen molar-refractivity contribution in [2.45, 2.75) is 32.3 Å². The Morgan fingerprint density at radius 1 is 1.21 bits per heavy atom. The van der Waals surface area contributed by atoms with Crippen molar-refractivity contribution >= 4 is 12.1 Å².